The fraction of sp³-hybridized carbons (Fsp3) is 0.400. The molecule has 1 unspecified atom stereocenters. The van der Waals surface area contributed by atoms with Crippen molar-refractivity contribution in [2.75, 3.05) is 13.1 Å². The second-order valence-electron chi connectivity index (χ2n) is 5.27. The van der Waals surface area contributed by atoms with Gasteiger partial charge in [0.25, 0.3) is 5.56 Å². The van der Waals surface area contributed by atoms with Gasteiger partial charge >= 0.3 is 0 Å². The molecule has 1 aromatic carbocycles. The van der Waals surface area contributed by atoms with Crippen LogP contribution in [0.2, 0.25) is 0 Å². The molecule has 1 aliphatic rings. The summed E-state index contributed by atoms with van der Waals surface area (Å²) in [5, 5.41) is 4.11. The van der Waals surface area contributed by atoms with Gasteiger partial charge < -0.3 is 10.3 Å². The van der Waals surface area contributed by atoms with Crippen molar-refractivity contribution in [1.29, 1.82) is 0 Å². The van der Waals surface area contributed by atoms with Gasteiger partial charge in [0.1, 0.15) is 5.82 Å². The molecule has 1 saturated heterocycles. The highest BCUT2D eigenvalue weighted by atomic mass is 19.1. The zero-order valence-corrected chi connectivity index (χ0v) is 10.7. The van der Waals surface area contributed by atoms with Crippen molar-refractivity contribution >= 4 is 10.9 Å². The first-order valence-corrected chi connectivity index (χ1v) is 6.74. The van der Waals surface area contributed by atoms with Crippen LogP contribution in [0.1, 0.15) is 18.4 Å². The Morgan fingerprint density at radius 2 is 2.21 bits per heavy atom. The van der Waals surface area contributed by atoms with Crippen molar-refractivity contribution in [2.24, 2.45) is 5.92 Å². The van der Waals surface area contributed by atoms with Gasteiger partial charge in [0.2, 0.25) is 0 Å². The van der Waals surface area contributed by atoms with Crippen LogP contribution in [0.3, 0.4) is 0 Å². The summed E-state index contributed by atoms with van der Waals surface area (Å²) in [4.78, 5) is 14.9. The van der Waals surface area contributed by atoms with E-state index in [1.807, 2.05) is 6.07 Å². The van der Waals surface area contributed by atoms with E-state index in [0.717, 1.165) is 43.3 Å². The van der Waals surface area contributed by atoms with Crippen molar-refractivity contribution in [3.8, 4) is 0 Å². The summed E-state index contributed by atoms with van der Waals surface area (Å²) in [6.45, 7) is 2.02. The van der Waals surface area contributed by atoms with Gasteiger partial charge in [-0.2, -0.15) is 0 Å². The highest BCUT2D eigenvalue weighted by Crippen LogP contribution is 2.18. The summed E-state index contributed by atoms with van der Waals surface area (Å²) in [6, 6.07) is 6.26. The molecule has 100 valence electrons. The number of hydrogen-bond donors (Lipinski definition) is 2. The molecule has 2 aromatic rings. The summed E-state index contributed by atoms with van der Waals surface area (Å²) >= 11 is 0. The third kappa shape index (κ3) is 2.68. The third-order valence-corrected chi connectivity index (χ3v) is 3.79. The van der Waals surface area contributed by atoms with Gasteiger partial charge in [-0.15, -0.1) is 0 Å². The number of fused-ring (bicyclic) bond motifs is 1. The Balaban J connectivity index is 1.93. The standard InChI is InChI=1S/C15H17FN2O/c16-13-3-4-14-11(8-13)7-12(15(19)18-14)6-10-2-1-5-17-9-10/h3-4,7-8,10,17H,1-2,5-6,9H2,(H,18,19). The Morgan fingerprint density at radius 1 is 1.32 bits per heavy atom. The number of nitrogens with one attached hydrogen (secondary N) is 2. The molecule has 0 aliphatic carbocycles. The Morgan fingerprint density at radius 3 is 3.00 bits per heavy atom. The maximum Gasteiger partial charge on any atom is 0.251 e. The molecule has 1 fully saturated rings. The Labute approximate surface area is 110 Å². The van der Waals surface area contributed by atoms with Gasteiger partial charge in [-0.3, -0.25) is 4.79 Å². The molecule has 1 aromatic heterocycles. The fourth-order valence-corrected chi connectivity index (χ4v) is 2.78. The fourth-order valence-electron chi connectivity index (χ4n) is 2.78. The highest BCUT2D eigenvalue weighted by molar-refractivity contribution is 5.78. The first-order chi connectivity index (χ1) is 9.22. The zero-order chi connectivity index (χ0) is 13.2. The first-order valence-electron chi connectivity index (χ1n) is 6.74. The maximum atomic E-state index is 13.2. The van der Waals surface area contributed by atoms with Crippen LogP contribution >= 0.6 is 0 Å². The number of H-pyrrole nitrogens is 1. The predicted octanol–water partition coefficient (Wildman–Crippen LogP) is 2.21. The lowest BCUT2D eigenvalue weighted by Gasteiger charge is -2.22. The Kier molecular flexibility index (Phi) is 3.34. The molecule has 4 heteroatoms. The van der Waals surface area contributed by atoms with Gasteiger partial charge in [-0.25, -0.2) is 4.39 Å². The zero-order valence-electron chi connectivity index (χ0n) is 10.7. The third-order valence-electron chi connectivity index (χ3n) is 3.79. The van der Waals surface area contributed by atoms with Crippen LogP contribution in [-0.2, 0) is 6.42 Å². The number of rotatable bonds is 2. The number of pyridine rings is 1. The lowest BCUT2D eigenvalue weighted by atomic mass is 9.92. The van der Waals surface area contributed by atoms with E-state index in [0.29, 0.717) is 11.4 Å². The molecule has 1 aliphatic heterocycles. The van der Waals surface area contributed by atoms with Crippen LogP contribution in [0, 0.1) is 11.7 Å². The molecule has 19 heavy (non-hydrogen) atoms. The van der Waals surface area contributed by atoms with Crippen molar-refractivity contribution in [3.05, 3.63) is 46.0 Å². The molecule has 2 N–H and O–H groups in total. The summed E-state index contributed by atoms with van der Waals surface area (Å²) in [5.74, 6) is 0.227. The molecule has 1 atom stereocenters. The number of hydrogen-bond acceptors (Lipinski definition) is 2. The van der Waals surface area contributed by atoms with Gasteiger partial charge in [-0.1, -0.05) is 0 Å². The van der Waals surface area contributed by atoms with E-state index in [4.69, 9.17) is 0 Å². The lowest BCUT2D eigenvalue weighted by Crippen LogP contribution is -2.32. The molecule has 0 spiro atoms. The molecule has 2 heterocycles. The van der Waals surface area contributed by atoms with Crippen molar-refractivity contribution < 1.29 is 4.39 Å². The molecule has 3 nitrogen and oxygen atoms in total. The summed E-state index contributed by atoms with van der Waals surface area (Å²) in [7, 11) is 0. The number of aromatic amines is 1. The Hall–Kier alpha value is -1.68. The quantitative estimate of drug-likeness (QED) is 0.869. The lowest BCUT2D eigenvalue weighted by molar-refractivity contribution is 0.375. The SMILES string of the molecule is O=c1[nH]c2ccc(F)cc2cc1CC1CCCNC1. The van der Waals surface area contributed by atoms with E-state index in [1.165, 1.54) is 12.1 Å². The average molecular weight is 260 g/mol. The molecular weight excluding hydrogens is 243 g/mol. The monoisotopic (exact) mass is 260 g/mol. The van der Waals surface area contributed by atoms with E-state index < -0.39 is 0 Å². The number of halogens is 1. The molecule has 3 rings (SSSR count). The van der Waals surface area contributed by atoms with Gasteiger partial charge in [0.05, 0.1) is 0 Å². The number of aromatic nitrogens is 1. The average Bonchev–Trinajstić information content (AvgIpc) is 2.41. The van der Waals surface area contributed by atoms with Gasteiger partial charge in [0.15, 0.2) is 0 Å². The van der Waals surface area contributed by atoms with E-state index in [2.05, 4.69) is 10.3 Å². The van der Waals surface area contributed by atoms with E-state index >= 15 is 0 Å². The van der Waals surface area contributed by atoms with E-state index in [-0.39, 0.29) is 11.4 Å². The number of benzene rings is 1. The van der Waals surface area contributed by atoms with Crippen LogP contribution < -0.4 is 10.9 Å². The van der Waals surface area contributed by atoms with Crippen molar-refractivity contribution in [2.45, 2.75) is 19.3 Å². The summed E-state index contributed by atoms with van der Waals surface area (Å²) in [6.07, 6.45) is 3.06. The van der Waals surface area contributed by atoms with Crippen LogP contribution in [-0.4, -0.2) is 18.1 Å². The molecular formula is C15H17FN2O. The van der Waals surface area contributed by atoms with Gasteiger partial charge in [-0.05, 0) is 62.5 Å². The number of piperidine rings is 1. The van der Waals surface area contributed by atoms with Crippen molar-refractivity contribution in [3.63, 3.8) is 0 Å². The summed E-state index contributed by atoms with van der Waals surface area (Å²) in [5.41, 5.74) is 1.40. The minimum atomic E-state index is -0.273. The largest absolute Gasteiger partial charge is 0.322 e. The second kappa shape index (κ2) is 5.13. The van der Waals surface area contributed by atoms with Crippen molar-refractivity contribution in [1.82, 2.24) is 10.3 Å². The molecule has 0 saturated carbocycles. The molecule has 0 amide bonds. The molecule has 0 bridgehead atoms. The predicted molar refractivity (Wildman–Crippen MR) is 73.8 cm³/mol. The maximum absolute atomic E-state index is 13.2. The second-order valence-corrected chi connectivity index (χ2v) is 5.27. The van der Waals surface area contributed by atoms with Crippen LogP contribution in [0.25, 0.3) is 10.9 Å². The first kappa shape index (κ1) is 12.4. The topological polar surface area (TPSA) is 44.9 Å². The van der Waals surface area contributed by atoms with E-state index in [1.54, 1.807) is 6.07 Å². The minimum absolute atomic E-state index is 0.0512. The highest BCUT2D eigenvalue weighted by Gasteiger charge is 2.15. The Bertz CT molecular complexity index is 644. The summed E-state index contributed by atoms with van der Waals surface area (Å²) < 4.78 is 13.2. The van der Waals surface area contributed by atoms with Crippen LogP contribution in [0.15, 0.2) is 29.1 Å². The van der Waals surface area contributed by atoms with Crippen LogP contribution in [0.4, 0.5) is 4.39 Å². The minimum Gasteiger partial charge on any atom is -0.322 e. The van der Waals surface area contributed by atoms with Gasteiger partial charge in [0, 0.05) is 16.5 Å². The molecule has 0 radical (unpaired) electrons. The normalized spacial score (nSPS) is 19.7. The van der Waals surface area contributed by atoms with E-state index in [9.17, 15) is 9.18 Å². The smallest absolute Gasteiger partial charge is 0.251 e. The van der Waals surface area contributed by atoms with Crippen LogP contribution in [0.5, 0.6) is 0 Å².